The number of benzene rings is 1. The van der Waals surface area contributed by atoms with E-state index in [1.165, 1.54) is 0 Å². The highest BCUT2D eigenvalue weighted by Crippen LogP contribution is 2.28. The van der Waals surface area contributed by atoms with E-state index >= 15 is 0 Å². The molecule has 0 aliphatic carbocycles. The zero-order chi connectivity index (χ0) is 15.1. The molecule has 1 rings (SSSR count). The molecule has 0 saturated carbocycles. The number of halogens is 1. The lowest BCUT2D eigenvalue weighted by Crippen LogP contribution is -2.45. The Kier molecular flexibility index (Phi) is 6.30. The van der Waals surface area contributed by atoms with Crippen molar-refractivity contribution in [3.05, 3.63) is 22.7 Å². The summed E-state index contributed by atoms with van der Waals surface area (Å²) in [7, 11) is 1.56. The van der Waals surface area contributed by atoms with Gasteiger partial charge in [-0.15, -0.1) is 0 Å². The fourth-order valence-electron chi connectivity index (χ4n) is 1.49. The molecule has 1 unspecified atom stereocenters. The summed E-state index contributed by atoms with van der Waals surface area (Å²) in [5.74, 6) is 0.254. The van der Waals surface area contributed by atoms with Crippen molar-refractivity contribution >= 4 is 33.6 Å². The van der Waals surface area contributed by atoms with E-state index in [4.69, 9.17) is 4.74 Å². The van der Waals surface area contributed by atoms with Crippen molar-refractivity contribution in [1.29, 1.82) is 0 Å². The van der Waals surface area contributed by atoms with Crippen LogP contribution in [-0.2, 0) is 4.79 Å². The molecule has 110 valence electrons. The Hall–Kier alpha value is -1.76. The maximum atomic E-state index is 11.8. The van der Waals surface area contributed by atoms with Crippen molar-refractivity contribution in [3.8, 4) is 5.75 Å². The number of amides is 3. The molecule has 6 nitrogen and oxygen atoms in total. The molecule has 0 spiro atoms. The molecule has 0 bridgehead atoms. The van der Waals surface area contributed by atoms with Crippen LogP contribution in [0, 0.1) is 0 Å². The van der Waals surface area contributed by atoms with E-state index in [2.05, 4.69) is 31.9 Å². The van der Waals surface area contributed by atoms with Crippen LogP contribution in [0.3, 0.4) is 0 Å². The molecule has 3 N–H and O–H groups in total. The summed E-state index contributed by atoms with van der Waals surface area (Å²) < 4.78 is 6.00. The lowest BCUT2D eigenvalue weighted by atomic mass is 10.2. The van der Waals surface area contributed by atoms with Crippen molar-refractivity contribution < 1.29 is 14.3 Å². The Morgan fingerprint density at radius 1 is 1.40 bits per heavy atom. The Morgan fingerprint density at radius 2 is 2.10 bits per heavy atom. The van der Waals surface area contributed by atoms with E-state index in [1.807, 2.05) is 12.1 Å². The molecule has 0 heterocycles. The molecule has 0 radical (unpaired) electrons. The monoisotopic (exact) mass is 343 g/mol. The summed E-state index contributed by atoms with van der Waals surface area (Å²) in [6.45, 7) is 3.91. The van der Waals surface area contributed by atoms with Gasteiger partial charge in [-0.3, -0.25) is 10.1 Å². The predicted molar refractivity (Wildman–Crippen MR) is 81.0 cm³/mol. The van der Waals surface area contributed by atoms with Gasteiger partial charge in [-0.25, -0.2) is 4.79 Å². The van der Waals surface area contributed by atoms with Gasteiger partial charge in [-0.05, 0) is 41.9 Å². The molecule has 20 heavy (non-hydrogen) atoms. The van der Waals surface area contributed by atoms with E-state index < -0.39 is 18.0 Å². The van der Waals surface area contributed by atoms with Gasteiger partial charge in [0.05, 0.1) is 11.6 Å². The van der Waals surface area contributed by atoms with Gasteiger partial charge >= 0.3 is 6.03 Å². The zero-order valence-corrected chi connectivity index (χ0v) is 13.2. The van der Waals surface area contributed by atoms with Gasteiger partial charge in [0.2, 0.25) is 5.91 Å². The molecule has 0 aliphatic heterocycles. The number of hydrogen-bond donors (Lipinski definition) is 3. The number of imide groups is 1. The Balaban J connectivity index is 2.63. The van der Waals surface area contributed by atoms with Gasteiger partial charge in [0.15, 0.2) is 0 Å². The number of methoxy groups -OCH3 is 1. The largest absolute Gasteiger partial charge is 0.495 e. The first-order valence-corrected chi connectivity index (χ1v) is 6.96. The average Bonchev–Trinajstić information content (AvgIpc) is 2.41. The molecule has 0 fully saturated rings. The highest BCUT2D eigenvalue weighted by atomic mass is 79.9. The van der Waals surface area contributed by atoms with Gasteiger partial charge < -0.3 is 15.4 Å². The topological polar surface area (TPSA) is 79.5 Å². The van der Waals surface area contributed by atoms with Crippen LogP contribution >= 0.6 is 15.9 Å². The summed E-state index contributed by atoms with van der Waals surface area (Å²) in [6.07, 6.45) is 0. The maximum absolute atomic E-state index is 11.8. The van der Waals surface area contributed by atoms with Crippen LogP contribution in [0.25, 0.3) is 0 Å². The maximum Gasteiger partial charge on any atom is 0.321 e. The van der Waals surface area contributed by atoms with Gasteiger partial charge in [-0.2, -0.15) is 0 Å². The molecule has 0 aromatic heterocycles. The number of rotatable bonds is 5. The highest BCUT2D eigenvalue weighted by molar-refractivity contribution is 9.10. The normalized spacial score (nSPS) is 11.4. The van der Waals surface area contributed by atoms with Crippen molar-refractivity contribution in [3.63, 3.8) is 0 Å². The minimum Gasteiger partial charge on any atom is -0.495 e. The standard InChI is InChI=1S/C13H18BrN3O3/c1-4-15-13(19)17-12(18)8(2)16-9-5-6-10(14)11(7-9)20-3/h5-8,16H,4H2,1-3H3,(H2,15,17,18,19). The van der Waals surface area contributed by atoms with E-state index in [9.17, 15) is 9.59 Å². The number of carbonyl (C=O) groups is 2. The van der Waals surface area contributed by atoms with Crippen LogP contribution in [0.5, 0.6) is 5.75 Å². The van der Waals surface area contributed by atoms with Gasteiger partial charge in [0.1, 0.15) is 11.8 Å². The minimum atomic E-state index is -0.552. The second-order valence-electron chi connectivity index (χ2n) is 4.06. The number of hydrogen-bond acceptors (Lipinski definition) is 4. The van der Waals surface area contributed by atoms with Crippen molar-refractivity contribution in [1.82, 2.24) is 10.6 Å². The summed E-state index contributed by atoms with van der Waals surface area (Å²) >= 11 is 3.35. The fraction of sp³-hybridized carbons (Fsp3) is 0.385. The van der Waals surface area contributed by atoms with Gasteiger partial charge in [0.25, 0.3) is 0 Å². The fourth-order valence-corrected chi connectivity index (χ4v) is 1.90. The third kappa shape index (κ3) is 4.73. The van der Waals surface area contributed by atoms with Crippen LogP contribution in [0.15, 0.2) is 22.7 Å². The van der Waals surface area contributed by atoms with Crippen LogP contribution in [0.1, 0.15) is 13.8 Å². The zero-order valence-electron chi connectivity index (χ0n) is 11.6. The first-order chi connectivity index (χ1) is 9.47. The molecule has 0 aliphatic rings. The molecule has 3 amide bonds. The summed E-state index contributed by atoms with van der Waals surface area (Å²) in [4.78, 5) is 23.0. The van der Waals surface area contributed by atoms with Crippen LogP contribution in [0.4, 0.5) is 10.5 Å². The Labute approximate surface area is 126 Å². The van der Waals surface area contributed by atoms with Crippen LogP contribution in [-0.4, -0.2) is 31.6 Å². The van der Waals surface area contributed by atoms with E-state index in [0.717, 1.165) is 10.2 Å². The summed E-state index contributed by atoms with van der Waals surface area (Å²) in [5, 5.41) is 7.74. The molecular weight excluding hydrogens is 326 g/mol. The Morgan fingerprint density at radius 3 is 2.70 bits per heavy atom. The smallest absolute Gasteiger partial charge is 0.321 e. The SMILES string of the molecule is CCNC(=O)NC(=O)C(C)Nc1ccc(Br)c(OC)c1. The first kappa shape index (κ1) is 16.3. The number of anilines is 1. The van der Waals surface area contributed by atoms with E-state index in [-0.39, 0.29) is 0 Å². The molecule has 1 aromatic carbocycles. The van der Waals surface area contributed by atoms with Crippen LogP contribution < -0.4 is 20.7 Å². The molecule has 7 heteroatoms. The van der Waals surface area contributed by atoms with E-state index in [1.54, 1.807) is 27.0 Å². The van der Waals surface area contributed by atoms with Crippen molar-refractivity contribution in [2.24, 2.45) is 0 Å². The number of urea groups is 1. The van der Waals surface area contributed by atoms with Crippen LogP contribution in [0.2, 0.25) is 0 Å². The second kappa shape index (κ2) is 7.74. The summed E-state index contributed by atoms with van der Waals surface area (Å²) in [5.41, 5.74) is 0.726. The molecule has 1 aromatic rings. The van der Waals surface area contributed by atoms with E-state index in [0.29, 0.717) is 12.3 Å². The minimum absolute atomic E-state index is 0.405. The quantitative estimate of drug-likeness (QED) is 0.764. The number of nitrogens with one attached hydrogen (secondary N) is 3. The van der Waals surface area contributed by atoms with Gasteiger partial charge in [0, 0.05) is 18.3 Å². The average molecular weight is 344 g/mol. The third-order valence-electron chi connectivity index (χ3n) is 2.50. The molecule has 0 saturated heterocycles. The predicted octanol–water partition coefficient (Wildman–Crippen LogP) is 2.10. The molecule has 1 atom stereocenters. The van der Waals surface area contributed by atoms with Crippen molar-refractivity contribution in [2.75, 3.05) is 19.0 Å². The first-order valence-electron chi connectivity index (χ1n) is 6.16. The number of ether oxygens (including phenoxy) is 1. The third-order valence-corrected chi connectivity index (χ3v) is 3.16. The lowest BCUT2D eigenvalue weighted by Gasteiger charge is -2.15. The summed E-state index contributed by atoms with van der Waals surface area (Å²) in [6, 6.07) is 4.33. The highest BCUT2D eigenvalue weighted by Gasteiger charge is 2.15. The second-order valence-corrected chi connectivity index (χ2v) is 4.92. The Bertz CT molecular complexity index is 494. The number of carbonyl (C=O) groups excluding carboxylic acids is 2. The van der Waals surface area contributed by atoms with Gasteiger partial charge in [-0.1, -0.05) is 0 Å². The van der Waals surface area contributed by atoms with Crippen molar-refractivity contribution in [2.45, 2.75) is 19.9 Å². The molecular formula is C13H18BrN3O3. The lowest BCUT2D eigenvalue weighted by molar-refractivity contribution is -0.120.